The number of amides is 1. The molecule has 17 heavy (non-hydrogen) atoms. The first-order chi connectivity index (χ1) is 7.99. The zero-order valence-electron chi connectivity index (χ0n) is 10.7. The van der Waals surface area contributed by atoms with Gasteiger partial charge >= 0.3 is 5.97 Å². The Morgan fingerprint density at radius 3 is 2.59 bits per heavy atom. The van der Waals surface area contributed by atoms with Crippen molar-refractivity contribution >= 4 is 11.9 Å². The number of rotatable bonds is 4. The number of hydrogen-bond donors (Lipinski definition) is 1. The molecule has 0 aromatic rings. The topological polar surface area (TPSA) is 66.8 Å². The molecule has 1 N–H and O–H groups in total. The first kappa shape index (κ1) is 14.0. The molecule has 1 aliphatic heterocycles. The van der Waals surface area contributed by atoms with Crippen LogP contribution >= 0.6 is 0 Å². The van der Waals surface area contributed by atoms with Crippen molar-refractivity contribution in [2.75, 3.05) is 19.8 Å². The zero-order chi connectivity index (χ0) is 13.0. The lowest BCUT2D eigenvalue weighted by Gasteiger charge is -2.37. The largest absolute Gasteiger partial charge is 0.481 e. The van der Waals surface area contributed by atoms with E-state index in [0.29, 0.717) is 19.8 Å². The van der Waals surface area contributed by atoms with E-state index in [4.69, 9.17) is 9.84 Å². The molecule has 0 bridgehead atoms. The van der Waals surface area contributed by atoms with Gasteiger partial charge in [-0.15, -0.1) is 0 Å². The summed E-state index contributed by atoms with van der Waals surface area (Å²) in [4.78, 5) is 24.9. The van der Waals surface area contributed by atoms with Gasteiger partial charge in [0.2, 0.25) is 5.91 Å². The predicted molar refractivity (Wildman–Crippen MR) is 62.6 cm³/mol. The number of ether oxygens (including phenoxy) is 1. The van der Waals surface area contributed by atoms with Gasteiger partial charge in [0.1, 0.15) is 0 Å². The molecule has 1 heterocycles. The molecule has 0 radical (unpaired) electrons. The van der Waals surface area contributed by atoms with Crippen molar-refractivity contribution in [2.24, 2.45) is 11.8 Å². The quantitative estimate of drug-likeness (QED) is 0.799. The summed E-state index contributed by atoms with van der Waals surface area (Å²) in [6.07, 6.45) is 0.833. The Balaban J connectivity index is 2.70. The fourth-order valence-corrected chi connectivity index (χ4v) is 1.97. The van der Waals surface area contributed by atoms with Gasteiger partial charge in [-0.3, -0.25) is 9.59 Å². The van der Waals surface area contributed by atoms with Crippen LogP contribution in [0.1, 0.15) is 27.2 Å². The lowest BCUT2D eigenvalue weighted by Crippen LogP contribution is -2.51. The Bertz CT molecular complexity index is 292. The van der Waals surface area contributed by atoms with Crippen molar-refractivity contribution in [3.63, 3.8) is 0 Å². The maximum Gasteiger partial charge on any atom is 0.307 e. The number of aliphatic carboxylic acids is 1. The Morgan fingerprint density at radius 1 is 1.41 bits per heavy atom. The van der Waals surface area contributed by atoms with Gasteiger partial charge < -0.3 is 14.7 Å². The van der Waals surface area contributed by atoms with E-state index in [9.17, 15) is 9.59 Å². The summed E-state index contributed by atoms with van der Waals surface area (Å²) in [6.45, 7) is 6.92. The minimum atomic E-state index is -0.924. The summed E-state index contributed by atoms with van der Waals surface area (Å²) in [7, 11) is 0. The Hall–Kier alpha value is -1.10. The van der Waals surface area contributed by atoms with E-state index < -0.39 is 17.8 Å². The predicted octanol–water partition coefficient (Wildman–Crippen LogP) is 0.981. The number of nitrogens with zero attached hydrogens (tertiary/aromatic N) is 1. The Kier molecular flexibility index (Phi) is 4.93. The highest BCUT2D eigenvalue weighted by Crippen LogP contribution is 2.19. The Labute approximate surface area is 102 Å². The highest BCUT2D eigenvalue weighted by Gasteiger charge is 2.33. The smallest absolute Gasteiger partial charge is 0.307 e. The standard InChI is InChI=1S/C12H21NO4/c1-4-10-7-17-6-5-13(10)11(14)8(2)9(3)12(15)16/h8-10H,4-7H2,1-3H3,(H,15,16). The highest BCUT2D eigenvalue weighted by atomic mass is 16.5. The van der Waals surface area contributed by atoms with E-state index >= 15 is 0 Å². The van der Waals surface area contributed by atoms with E-state index in [1.165, 1.54) is 0 Å². The molecule has 98 valence electrons. The van der Waals surface area contributed by atoms with Gasteiger partial charge in [-0.05, 0) is 6.42 Å². The number of carbonyl (C=O) groups excluding carboxylic acids is 1. The van der Waals surface area contributed by atoms with Crippen molar-refractivity contribution < 1.29 is 19.4 Å². The van der Waals surface area contributed by atoms with Gasteiger partial charge in [0.25, 0.3) is 0 Å². The summed E-state index contributed by atoms with van der Waals surface area (Å²) >= 11 is 0. The van der Waals surface area contributed by atoms with Crippen LogP contribution in [-0.4, -0.2) is 47.7 Å². The van der Waals surface area contributed by atoms with Crippen LogP contribution in [0.25, 0.3) is 0 Å². The SMILES string of the molecule is CCC1COCCN1C(=O)C(C)C(C)C(=O)O. The van der Waals surface area contributed by atoms with Crippen LogP contribution in [0.15, 0.2) is 0 Å². The van der Waals surface area contributed by atoms with Crippen LogP contribution in [0.2, 0.25) is 0 Å². The molecule has 0 aliphatic carbocycles. The number of carbonyl (C=O) groups is 2. The molecular weight excluding hydrogens is 222 g/mol. The van der Waals surface area contributed by atoms with Crippen molar-refractivity contribution in [2.45, 2.75) is 33.2 Å². The normalized spacial score (nSPS) is 24.2. The average Bonchev–Trinajstić information content (AvgIpc) is 2.35. The third kappa shape index (κ3) is 3.19. The van der Waals surface area contributed by atoms with E-state index in [-0.39, 0.29) is 11.9 Å². The maximum atomic E-state index is 12.2. The second kappa shape index (κ2) is 6.00. The summed E-state index contributed by atoms with van der Waals surface area (Å²) in [5, 5.41) is 8.93. The van der Waals surface area contributed by atoms with Crippen LogP contribution in [0.4, 0.5) is 0 Å². The molecule has 0 saturated carbocycles. The van der Waals surface area contributed by atoms with Crippen molar-refractivity contribution in [1.29, 1.82) is 0 Å². The fraction of sp³-hybridized carbons (Fsp3) is 0.833. The lowest BCUT2D eigenvalue weighted by atomic mass is 9.93. The average molecular weight is 243 g/mol. The molecular formula is C12H21NO4. The molecule has 0 aromatic heterocycles. The molecule has 1 rings (SSSR count). The van der Waals surface area contributed by atoms with Crippen molar-refractivity contribution in [3.8, 4) is 0 Å². The van der Waals surface area contributed by atoms with Crippen LogP contribution in [-0.2, 0) is 14.3 Å². The summed E-state index contributed by atoms with van der Waals surface area (Å²) in [5.41, 5.74) is 0. The van der Waals surface area contributed by atoms with E-state index in [1.54, 1.807) is 18.7 Å². The van der Waals surface area contributed by atoms with Gasteiger partial charge in [-0.2, -0.15) is 0 Å². The summed E-state index contributed by atoms with van der Waals surface area (Å²) in [5.74, 6) is -2.13. The molecule has 5 heteroatoms. The van der Waals surface area contributed by atoms with Crippen LogP contribution in [0.3, 0.4) is 0 Å². The molecule has 5 nitrogen and oxygen atoms in total. The molecule has 1 fully saturated rings. The minimum Gasteiger partial charge on any atom is -0.481 e. The number of carboxylic acid groups (broad SMARTS) is 1. The van der Waals surface area contributed by atoms with E-state index in [0.717, 1.165) is 6.42 Å². The van der Waals surface area contributed by atoms with Gasteiger partial charge in [0, 0.05) is 12.5 Å². The molecule has 1 saturated heterocycles. The first-order valence-corrected chi connectivity index (χ1v) is 6.10. The van der Waals surface area contributed by atoms with E-state index in [2.05, 4.69) is 0 Å². The molecule has 3 unspecified atom stereocenters. The maximum absolute atomic E-state index is 12.2. The molecule has 0 aromatic carbocycles. The number of carboxylic acids is 1. The molecule has 1 aliphatic rings. The second-order valence-electron chi connectivity index (χ2n) is 4.58. The van der Waals surface area contributed by atoms with Gasteiger partial charge in [-0.1, -0.05) is 20.8 Å². The molecule has 0 spiro atoms. The Morgan fingerprint density at radius 2 is 2.06 bits per heavy atom. The summed E-state index contributed by atoms with van der Waals surface area (Å²) in [6, 6.07) is 0.0831. The number of hydrogen-bond acceptors (Lipinski definition) is 3. The van der Waals surface area contributed by atoms with Crippen molar-refractivity contribution in [1.82, 2.24) is 4.90 Å². The van der Waals surface area contributed by atoms with Crippen molar-refractivity contribution in [3.05, 3.63) is 0 Å². The monoisotopic (exact) mass is 243 g/mol. The summed E-state index contributed by atoms with van der Waals surface area (Å²) < 4.78 is 5.33. The van der Waals surface area contributed by atoms with Crippen LogP contribution < -0.4 is 0 Å². The van der Waals surface area contributed by atoms with Gasteiger partial charge in [0.05, 0.1) is 25.2 Å². The third-order valence-electron chi connectivity index (χ3n) is 3.51. The molecule has 3 atom stereocenters. The fourth-order valence-electron chi connectivity index (χ4n) is 1.97. The highest BCUT2D eigenvalue weighted by molar-refractivity contribution is 5.84. The molecule has 1 amide bonds. The zero-order valence-corrected chi connectivity index (χ0v) is 10.7. The van der Waals surface area contributed by atoms with E-state index in [1.807, 2.05) is 6.92 Å². The second-order valence-corrected chi connectivity index (χ2v) is 4.58. The van der Waals surface area contributed by atoms with Gasteiger partial charge in [-0.25, -0.2) is 0 Å². The van der Waals surface area contributed by atoms with Gasteiger partial charge in [0.15, 0.2) is 0 Å². The first-order valence-electron chi connectivity index (χ1n) is 6.10. The lowest BCUT2D eigenvalue weighted by molar-refractivity contribution is -0.153. The van der Waals surface area contributed by atoms with Crippen LogP contribution in [0, 0.1) is 11.8 Å². The minimum absolute atomic E-state index is 0.0740. The number of morpholine rings is 1. The van der Waals surface area contributed by atoms with Crippen LogP contribution in [0.5, 0.6) is 0 Å². The third-order valence-corrected chi connectivity index (χ3v) is 3.51.